The monoisotopic (exact) mass is 483 g/mol. The number of benzene rings is 2. The quantitative estimate of drug-likeness (QED) is 0.533. The molecule has 1 fully saturated rings. The summed E-state index contributed by atoms with van der Waals surface area (Å²) in [7, 11) is 3.21. The summed E-state index contributed by atoms with van der Waals surface area (Å²) in [6.45, 7) is 0.696. The fraction of sp³-hybridized carbons (Fsp3) is 0.423. The highest BCUT2D eigenvalue weighted by Crippen LogP contribution is 2.37. The maximum absolute atomic E-state index is 13.6. The first-order chi connectivity index (χ1) is 16.5. The van der Waals surface area contributed by atoms with Gasteiger partial charge in [0.15, 0.2) is 0 Å². The molecule has 1 aliphatic carbocycles. The number of amides is 2. The van der Waals surface area contributed by atoms with Crippen molar-refractivity contribution in [1.29, 1.82) is 0 Å². The highest BCUT2D eigenvalue weighted by molar-refractivity contribution is 6.31. The summed E-state index contributed by atoms with van der Waals surface area (Å²) in [4.78, 5) is 28.1. The zero-order valence-electron chi connectivity index (χ0n) is 19.6. The van der Waals surface area contributed by atoms with E-state index in [1.54, 1.807) is 19.1 Å². The average molecular weight is 484 g/mol. The van der Waals surface area contributed by atoms with E-state index in [9.17, 15) is 9.59 Å². The van der Waals surface area contributed by atoms with Crippen LogP contribution in [0.3, 0.4) is 0 Å². The van der Waals surface area contributed by atoms with Crippen LogP contribution in [0.1, 0.15) is 42.9 Å². The van der Waals surface area contributed by atoms with E-state index in [2.05, 4.69) is 0 Å². The van der Waals surface area contributed by atoms with Crippen molar-refractivity contribution in [2.45, 2.75) is 31.7 Å². The van der Waals surface area contributed by atoms with Crippen molar-refractivity contribution in [3.63, 3.8) is 0 Å². The molecule has 34 heavy (non-hydrogen) atoms. The van der Waals surface area contributed by atoms with Crippen LogP contribution in [0, 0.1) is 5.92 Å². The predicted octanol–water partition coefficient (Wildman–Crippen LogP) is 4.30. The van der Waals surface area contributed by atoms with Crippen molar-refractivity contribution in [2.24, 2.45) is 11.0 Å². The first kappa shape index (κ1) is 24.2. The normalized spacial score (nSPS) is 17.8. The van der Waals surface area contributed by atoms with Crippen molar-refractivity contribution in [3.05, 3.63) is 64.7 Å². The molecule has 0 saturated heterocycles. The van der Waals surface area contributed by atoms with Crippen molar-refractivity contribution < 1.29 is 19.1 Å². The molecule has 0 unspecified atom stereocenters. The maximum atomic E-state index is 13.6. The number of carbonyl (C=O) groups is 2. The summed E-state index contributed by atoms with van der Waals surface area (Å²) < 4.78 is 10.5. The Morgan fingerprint density at radius 2 is 1.94 bits per heavy atom. The Morgan fingerprint density at radius 3 is 2.62 bits per heavy atom. The van der Waals surface area contributed by atoms with Crippen LogP contribution in [0.2, 0.25) is 5.02 Å². The van der Waals surface area contributed by atoms with Gasteiger partial charge in [-0.3, -0.25) is 9.59 Å². The Bertz CT molecular complexity index is 1070. The molecule has 1 heterocycles. The molecule has 7 nitrogen and oxygen atoms in total. The number of nitrogens with zero attached hydrogens (tertiary/aromatic N) is 3. The molecule has 1 aliphatic heterocycles. The van der Waals surface area contributed by atoms with Gasteiger partial charge in [0.25, 0.3) is 5.91 Å². The van der Waals surface area contributed by atoms with Crippen LogP contribution in [0.25, 0.3) is 0 Å². The number of methoxy groups -OCH3 is 2. The number of halogens is 1. The van der Waals surface area contributed by atoms with Crippen LogP contribution >= 0.6 is 11.6 Å². The first-order valence-electron chi connectivity index (χ1n) is 11.6. The van der Waals surface area contributed by atoms with Gasteiger partial charge in [-0.1, -0.05) is 48.4 Å². The maximum Gasteiger partial charge on any atom is 0.262 e. The molecule has 1 atom stereocenters. The number of rotatable bonds is 9. The van der Waals surface area contributed by atoms with Gasteiger partial charge in [0.2, 0.25) is 5.91 Å². The van der Waals surface area contributed by atoms with Crippen molar-refractivity contribution in [1.82, 2.24) is 9.91 Å². The standard InChI is InChI=1S/C26H30ClN3O4/c1-33-14-13-29(26(32)18-7-5-8-18)17-25(31)30-24(21-11-3-4-12-22(21)27)16-23(28-30)19-9-6-10-20(15-19)34-2/h3-4,6,9-12,15,18,24H,5,7-8,13-14,16-17H2,1-2H3/t24-/m0/s1. The third kappa shape index (κ3) is 5.26. The number of hydrogen-bond donors (Lipinski definition) is 0. The minimum Gasteiger partial charge on any atom is -0.497 e. The predicted molar refractivity (Wildman–Crippen MR) is 131 cm³/mol. The lowest BCUT2D eigenvalue weighted by Gasteiger charge is -2.32. The van der Waals surface area contributed by atoms with Gasteiger partial charge in [0.05, 0.1) is 25.5 Å². The highest BCUT2D eigenvalue weighted by atomic mass is 35.5. The van der Waals surface area contributed by atoms with Crippen LogP contribution in [0.5, 0.6) is 5.75 Å². The van der Waals surface area contributed by atoms with Gasteiger partial charge in [-0.15, -0.1) is 0 Å². The molecule has 4 rings (SSSR count). The Balaban J connectivity index is 1.62. The molecule has 0 bridgehead atoms. The molecule has 8 heteroatoms. The van der Waals surface area contributed by atoms with Crippen molar-refractivity contribution in [3.8, 4) is 5.75 Å². The van der Waals surface area contributed by atoms with E-state index in [1.807, 2.05) is 48.5 Å². The summed E-state index contributed by atoms with van der Waals surface area (Å²) in [6, 6.07) is 14.8. The van der Waals surface area contributed by atoms with Crippen LogP contribution in [0.15, 0.2) is 53.6 Å². The minimum atomic E-state index is -0.356. The molecule has 0 radical (unpaired) electrons. The molecule has 0 N–H and O–H groups in total. The number of hydrazone groups is 1. The largest absolute Gasteiger partial charge is 0.497 e. The molecule has 2 amide bonds. The Morgan fingerprint density at radius 1 is 1.15 bits per heavy atom. The third-order valence-corrected chi connectivity index (χ3v) is 6.83. The summed E-state index contributed by atoms with van der Waals surface area (Å²) in [6.07, 6.45) is 3.32. The van der Waals surface area contributed by atoms with E-state index in [1.165, 1.54) is 5.01 Å². The van der Waals surface area contributed by atoms with E-state index < -0.39 is 0 Å². The molecule has 0 spiro atoms. The second-order valence-corrected chi connectivity index (χ2v) is 9.05. The first-order valence-corrected chi connectivity index (χ1v) is 12.0. The molecular formula is C26H30ClN3O4. The SMILES string of the molecule is COCCN(CC(=O)N1N=C(c2cccc(OC)c2)C[C@H]1c1ccccc1Cl)C(=O)C1CCC1. The van der Waals surface area contributed by atoms with Crippen LogP contribution in [-0.4, -0.2) is 61.4 Å². The van der Waals surface area contributed by atoms with Crippen LogP contribution in [-0.2, 0) is 14.3 Å². The Hall–Kier alpha value is -2.90. The van der Waals surface area contributed by atoms with Gasteiger partial charge in [0, 0.05) is 36.6 Å². The highest BCUT2D eigenvalue weighted by Gasteiger charge is 2.37. The Kier molecular flexibility index (Phi) is 7.85. The summed E-state index contributed by atoms with van der Waals surface area (Å²) in [5.41, 5.74) is 2.48. The van der Waals surface area contributed by atoms with Crippen molar-refractivity contribution >= 4 is 29.1 Å². The molecular weight excluding hydrogens is 454 g/mol. The van der Waals surface area contributed by atoms with Crippen LogP contribution in [0.4, 0.5) is 0 Å². The molecule has 2 aromatic rings. The molecule has 180 valence electrons. The molecule has 2 aromatic carbocycles. The number of carbonyl (C=O) groups excluding carboxylic acids is 2. The Labute approximate surface area is 205 Å². The summed E-state index contributed by atoms with van der Waals surface area (Å²) in [5.74, 6) is 0.489. The summed E-state index contributed by atoms with van der Waals surface area (Å²) in [5, 5.41) is 6.79. The van der Waals surface area contributed by atoms with Crippen LogP contribution < -0.4 is 4.74 Å². The zero-order chi connectivity index (χ0) is 24.1. The van der Waals surface area contributed by atoms with Gasteiger partial charge >= 0.3 is 0 Å². The third-order valence-electron chi connectivity index (χ3n) is 6.49. The van der Waals surface area contributed by atoms with Gasteiger partial charge in [-0.25, -0.2) is 5.01 Å². The average Bonchev–Trinajstić information content (AvgIpc) is 3.26. The van der Waals surface area contributed by atoms with E-state index >= 15 is 0 Å². The zero-order valence-corrected chi connectivity index (χ0v) is 20.3. The van der Waals surface area contributed by atoms with Gasteiger partial charge in [-0.2, -0.15) is 5.10 Å². The second-order valence-electron chi connectivity index (χ2n) is 8.64. The lowest BCUT2D eigenvalue weighted by molar-refractivity contribution is -0.146. The fourth-order valence-corrected chi connectivity index (χ4v) is 4.58. The van der Waals surface area contributed by atoms with Gasteiger partial charge in [-0.05, 0) is 36.6 Å². The topological polar surface area (TPSA) is 71.4 Å². The van der Waals surface area contributed by atoms with E-state index in [-0.39, 0.29) is 30.3 Å². The molecule has 0 aromatic heterocycles. The second kappa shape index (κ2) is 11.0. The lowest BCUT2D eigenvalue weighted by Crippen LogP contribution is -2.46. The lowest BCUT2D eigenvalue weighted by atomic mass is 9.84. The van der Waals surface area contributed by atoms with E-state index in [0.29, 0.717) is 24.6 Å². The van der Waals surface area contributed by atoms with E-state index in [4.69, 9.17) is 26.2 Å². The fourth-order valence-electron chi connectivity index (χ4n) is 4.32. The molecule has 1 saturated carbocycles. The summed E-state index contributed by atoms with van der Waals surface area (Å²) >= 11 is 6.52. The van der Waals surface area contributed by atoms with Crippen molar-refractivity contribution in [2.75, 3.05) is 33.9 Å². The van der Waals surface area contributed by atoms with Gasteiger partial charge < -0.3 is 14.4 Å². The minimum absolute atomic E-state index is 0.00144. The molecule has 2 aliphatic rings. The smallest absolute Gasteiger partial charge is 0.262 e. The van der Waals surface area contributed by atoms with Gasteiger partial charge in [0.1, 0.15) is 12.3 Å². The van der Waals surface area contributed by atoms with E-state index in [0.717, 1.165) is 41.9 Å². The number of hydrogen-bond acceptors (Lipinski definition) is 5. The number of ether oxygens (including phenoxy) is 2.